The van der Waals surface area contributed by atoms with Crippen LogP contribution < -0.4 is 19.6 Å². The Bertz CT molecular complexity index is 4290. The summed E-state index contributed by atoms with van der Waals surface area (Å²) in [6.07, 6.45) is 5.59. The van der Waals surface area contributed by atoms with Gasteiger partial charge >= 0.3 is 0 Å². The van der Waals surface area contributed by atoms with Crippen LogP contribution in [0.25, 0.3) is 44.5 Å². The standard InChI is InChI=1S/C68H60N6/c1-46-37-58(47-21-11-8-12-22-47)66(59(38-46)48-23-13-9-14-24-48)72-45-71(62-29-19-20-30-63(62)72)53-39-50(68(5,6)7)40-54(42-53)73(51-25-15-10-16-26-51)52-31-32-57-55-27-17-18-28-56(55)60-44-69-35-34-61(60)74(64(57)43-52)65-41-49(33-36-70-65)67(2,3)4/h8-44H,45H2,1-7H3/i1D3,8D,9D,11D,12D,13D,14D,21D,22D,23D,24D. The maximum atomic E-state index is 9.33. The van der Waals surface area contributed by atoms with Crippen LogP contribution in [0.1, 0.15) is 76.1 Å². The van der Waals surface area contributed by atoms with Gasteiger partial charge in [-0.15, -0.1) is 0 Å². The van der Waals surface area contributed by atoms with Crippen molar-refractivity contribution in [2.45, 2.75) is 59.2 Å². The van der Waals surface area contributed by atoms with Gasteiger partial charge in [-0.2, -0.15) is 0 Å². The van der Waals surface area contributed by atoms with E-state index in [1.807, 2.05) is 79.3 Å². The summed E-state index contributed by atoms with van der Waals surface area (Å²) in [7, 11) is 0. The number of aryl methyl sites for hydroxylation is 1. The zero-order valence-corrected chi connectivity index (χ0v) is 42.0. The molecule has 10 aromatic rings. The molecule has 0 bridgehead atoms. The number of anilines is 10. The van der Waals surface area contributed by atoms with Crippen LogP contribution in [0.5, 0.6) is 0 Å². The average molecular weight is 974 g/mol. The first-order chi connectivity index (χ1) is 41.2. The number of hydrogen-bond acceptors (Lipinski definition) is 6. The van der Waals surface area contributed by atoms with E-state index in [0.717, 1.165) is 73.3 Å². The van der Waals surface area contributed by atoms with Crippen molar-refractivity contribution >= 4 is 57.0 Å². The van der Waals surface area contributed by atoms with Gasteiger partial charge in [-0.1, -0.05) is 163 Å². The van der Waals surface area contributed by atoms with Crippen LogP contribution in [0.4, 0.5) is 57.0 Å². The van der Waals surface area contributed by atoms with E-state index in [9.17, 15) is 5.48 Å². The van der Waals surface area contributed by atoms with Crippen molar-refractivity contribution in [2.24, 2.45) is 0 Å². The average Bonchev–Trinajstić information content (AvgIpc) is 1.84. The molecular weight excluding hydrogens is 901 g/mol. The molecule has 6 heteroatoms. The lowest BCUT2D eigenvalue weighted by Gasteiger charge is -2.32. The topological polar surface area (TPSA) is 38.7 Å². The highest BCUT2D eigenvalue weighted by atomic mass is 15.4. The Morgan fingerprint density at radius 3 is 1.78 bits per heavy atom. The van der Waals surface area contributed by atoms with Crippen LogP contribution in [0.2, 0.25) is 0 Å². The highest BCUT2D eigenvalue weighted by Crippen LogP contribution is 2.54. The zero-order chi connectivity index (χ0) is 61.9. The second kappa shape index (κ2) is 18.4. The fourth-order valence-corrected chi connectivity index (χ4v) is 10.2. The number of benzene rings is 8. The van der Waals surface area contributed by atoms with E-state index in [4.69, 9.17) is 17.3 Å². The molecule has 0 saturated carbocycles. The Morgan fingerprint density at radius 1 is 0.486 bits per heavy atom. The van der Waals surface area contributed by atoms with Gasteiger partial charge in [0.2, 0.25) is 0 Å². The maximum absolute atomic E-state index is 9.33. The van der Waals surface area contributed by atoms with Crippen LogP contribution in [0.3, 0.4) is 0 Å². The largest absolute Gasteiger partial charge is 0.321 e. The summed E-state index contributed by atoms with van der Waals surface area (Å²) in [5, 5.41) is 0. The normalized spacial score (nSPS) is 15.6. The number of pyridine rings is 2. The number of fused-ring (bicyclic) bond motifs is 6. The summed E-state index contributed by atoms with van der Waals surface area (Å²) in [4.78, 5) is 18.0. The molecular formula is C68H60N6. The van der Waals surface area contributed by atoms with E-state index in [-0.39, 0.29) is 45.6 Å². The number of nitrogens with zero attached hydrogens (tertiary/aromatic N) is 6. The molecule has 6 nitrogen and oxygen atoms in total. The van der Waals surface area contributed by atoms with Crippen LogP contribution in [-0.2, 0) is 10.8 Å². The lowest BCUT2D eigenvalue weighted by Crippen LogP contribution is -2.26. The van der Waals surface area contributed by atoms with Crippen molar-refractivity contribution < 1.29 is 17.8 Å². The predicted molar refractivity (Wildman–Crippen MR) is 311 cm³/mol. The van der Waals surface area contributed by atoms with Crippen molar-refractivity contribution in [3.63, 3.8) is 0 Å². The van der Waals surface area contributed by atoms with E-state index < -0.39 is 72.7 Å². The third-order valence-corrected chi connectivity index (χ3v) is 13.9. The molecule has 362 valence electrons. The van der Waals surface area contributed by atoms with E-state index >= 15 is 0 Å². The van der Waals surface area contributed by atoms with Gasteiger partial charge in [0.15, 0.2) is 0 Å². The first-order valence-corrected chi connectivity index (χ1v) is 24.7. The van der Waals surface area contributed by atoms with E-state index in [1.54, 1.807) is 4.90 Å². The number of para-hydroxylation sites is 3. The number of rotatable bonds is 8. The van der Waals surface area contributed by atoms with Crippen LogP contribution in [0.15, 0.2) is 225 Å². The molecule has 0 N–H and O–H groups in total. The Balaban J connectivity index is 1.11. The number of hydrogen-bond donors (Lipinski definition) is 0. The molecule has 0 saturated heterocycles. The lowest BCUT2D eigenvalue weighted by molar-refractivity contribution is 0.589. The minimum Gasteiger partial charge on any atom is -0.321 e. The second-order valence-electron chi connectivity index (χ2n) is 20.7. The van der Waals surface area contributed by atoms with Gasteiger partial charge in [0.1, 0.15) is 12.5 Å². The quantitative estimate of drug-likeness (QED) is 0.151. The van der Waals surface area contributed by atoms with E-state index in [2.05, 4.69) is 134 Å². The highest BCUT2D eigenvalue weighted by molar-refractivity contribution is 6.04. The smallest absolute Gasteiger partial charge is 0.137 e. The molecule has 0 unspecified atom stereocenters. The van der Waals surface area contributed by atoms with Gasteiger partial charge in [-0.05, 0) is 142 Å². The molecule has 0 spiro atoms. The maximum Gasteiger partial charge on any atom is 0.137 e. The fraction of sp³-hybridized carbons (Fsp3) is 0.147. The summed E-state index contributed by atoms with van der Waals surface area (Å²) in [5.74, 6) is 0.735. The Kier molecular flexibility index (Phi) is 8.40. The molecule has 0 aliphatic carbocycles. The van der Waals surface area contributed by atoms with Crippen molar-refractivity contribution in [3.05, 3.63) is 241 Å². The molecule has 2 aliphatic rings. The summed E-state index contributed by atoms with van der Waals surface area (Å²) in [5.41, 5.74) is 10.4. The first-order valence-electron chi connectivity index (χ1n) is 31.2. The Hall–Kier alpha value is -8.74. The predicted octanol–water partition coefficient (Wildman–Crippen LogP) is 18.5. The summed E-state index contributed by atoms with van der Waals surface area (Å²) in [6.45, 7) is 10.0. The van der Waals surface area contributed by atoms with Crippen molar-refractivity contribution in [1.29, 1.82) is 0 Å². The first kappa shape index (κ1) is 33.8. The van der Waals surface area contributed by atoms with Crippen molar-refractivity contribution in [3.8, 4) is 44.5 Å². The third-order valence-electron chi connectivity index (χ3n) is 13.9. The molecule has 0 amide bonds. The van der Waals surface area contributed by atoms with E-state index in [0.29, 0.717) is 11.4 Å². The Morgan fingerprint density at radius 2 is 1.12 bits per heavy atom. The molecule has 74 heavy (non-hydrogen) atoms. The molecule has 0 radical (unpaired) electrons. The monoisotopic (exact) mass is 974 g/mol. The van der Waals surface area contributed by atoms with Crippen molar-refractivity contribution in [2.75, 3.05) is 26.3 Å². The molecule has 8 aromatic carbocycles. The summed E-state index contributed by atoms with van der Waals surface area (Å²) in [6, 6.07) is 41.2. The van der Waals surface area contributed by atoms with Crippen LogP contribution in [-0.4, -0.2) is 16.6 Å². The molecule has 2 aliphatic heterocycles. The molecule has 0 atom stereocenters. The number of aromatic nitrogens is 2. The minimum atomic E-state index is -2.89. The van der Waals surface area contributed by atoms with Gasteiger partial charge in [0.05, 0.1) is 42.1 Å². The summed E-state index contributed by atoms with van der Waals surface area (Å²) >= 11 is 0. The van der Waals surface area contributed by atoms with Gasteiger partial charge in [-0.3, -0.25) is 9.88 Å². The molecule has 4 heterocycles. The van der Waals surface area contributed by atoms with Gasteiger partial charge < -0.3 is 14.7 Å². The lowest BCUT2D eigenvalue weighted by atomic mass is 9.86. The van der Waals surface area contributed by atoms with Crippen LogP contribution >= 0.6 is 0 Å². The zero-order valence-electron chi connectivity index (χ0n) is 55.0. The minimum absolute atomic E-state index is 0.0513. The van der Waals surface area contributed by atoms with Gasteiger partial charge in [0.25, 0.3) is 0 Å². The third kappa shape index (κ3) is 8.36. The second-order valence-corrected chi connectivity index (χ2v) is 20.7. The molecule has 12 rings (SSSR count). The molecule has 2 aromatic heterocycles. The SMILES string of the molecule is [2H]c1c([2H])c([2H])c(-c2cc(C([2H])([2H])[2H])cc(-c3c([2H])c([2H])c([2H])c([2H])c3[2H])c2N2CN(c3cc(N(c4ccccc4)c4ccc5c(c4)N(c4cc(C(C)(C)C)ccn4)c4ccncc4-c4ccccc4-5)cc(C(C)(C)C)c3)c3ccccc32)c([2H])c1[2H]. The fourth-order valence-electron chi connectivity index (χ4n) is 10.2. The van der Waals surface area contributed by atoms with Crippen molar-refractivity contribution in [1.82, 2.24) is 9.97 Å². The molecule has 0 fully saturated rings. The van der Waals surface area contributed by atoms with E-state index in [1.165, 1.54) is 12.1 Å². The summed E-state index contributed by atoms with van der Waals surface area (Å²) < 4.78 is 116. The Labute approximate surface area is 454 Å². The highest BCUT2D eigenvalue weighted by Gasteiger charge is 2.34. The van der Waals surface area contributed by atoms with Gasteiger partial charge in [-0.25, -0.2) is 4.98 Å². The van der Waals surface area contributed by atoms with Crippen LogP contribution in [0, 0.1) is 6.85 Å². The van der Waals surface area contributed by atoms with Gasteiger partial charge in [0, 0.05) is 67.7 Å².